The largest absolute Gasteiger partial charge is 0.287 e. The normalized spacial score (nSPS) is 34.0. The molecule has 3 fully saturated rings. The van der Waals surface area contributed by atoms with Crippen molar-refractivity contribution in [3.05, 3.63) is 0 Å². The molecule has 0 amide bonds. The summed E-state index contributed by atoms with van der Waals surface area (Å²) in [5, 5.41) is 0. The number of hydrogen-bond acceptors (Lipinski definition) is 1. The third-order valence-corrected chi connectivity index (χ3v) is 5.75. The van der Waals surface area contributed by atoms with Crippen LogP contribution in [0.4, 0.5) is 0 Å². The first-order chi connectivity index (χ1) is 8.09. The Bertz CT molecular complexity index is 325. The molecular weight excluding hydrogens is 218 g/mol. The van der Waals surface area contributed by atoms with E-state index in [1.165, 1.54) is 38.5 Å². The van der Waals surface area contributed by atoms with Crippen LogP contribution in [-0.2, 0) is 0 Å². The minimum absolute atomic E-state index is 0.357. The summed E-state index contributed by atoms with van der Waals surface area (Å²) in [4.78, 5) is 2.97. The van der Waals surface area contributed by atoms with Crippen LogP contribution in [0.15, 0.2) is 0 Å². The van der Waals surface area contributed by atoms with Crippen LogP contribution in [0.5, 0.6) is 0 Å². The van der Waals surface area contributed by atoms with E-state index in [1.54, 1.807) is 0 Å². The molecule has 0 aromatic heterocycles. The van der Waals surface area contributed by atoms with E-state index in [0.717, 1.165) is 5.92 Å². The molecule has 0 bridgehead atoms. The molecule has 0 unspecified atom stereocenters. The fourth-order valence-corrected chi connectivity index (χ4v) is 4.85. The number of likely N-dealkylation sites (tertiary alicyclic amines) is 1. The van der Waals surface area contributed by atoms with Crippen molar-refractivity contribution in [2.75, 3.05) is 0 Å². The molecule has 0 radical (unpaired) electrons. The van der Waals surface area contributed by atoms with Gasteiger partial charge in [0.1, 0.15) is 0 Å². The SMILES string of the molecule is CC(C)(C)C1CC2(CC2)N(C(C)(C)C)C2(CC2)C1. The van der Waals surface area contributed by atoms with Gasteiger partial charge < -0.3 is 0 Å². The molecule has 18 heavy (non-hydrogen) atoms. The van der Waals surface area contributed by atoms with E-state index in [4.69, 9.17) is 0 Å². The molecule has 3 rings (SSSR count). The first-order valence-electron chi connectivity index (χ1n) is 7.90. The summed E-state index contributed by atoms with van der Waals surface area (Å²) in [5.74, 6) is 0.932. The highest BCUT2D eigenvalue weighted by molar-refractivity contribution is 5.22. The van der Waals surface area contributed by atoms with Gasteiger partial charge in [0.2, 0.25) is 0 Å². The summed E-state index contributed by atoms with van der Waals surface area (Å²) in [5.41, 5.74) is 2.03. The van der Waals surface area contributed by atoms with E-state index < -0.39 is 0 Å². The highest BCUT2D eigenvalue weighted by Crippen LogP contribution is 2.66. The van der Waals surface area contributed by atoms with E-state index in [1.807, 2.05) is 0 Å². The van der Waals surface area contributed by atoms with Crippen molar-refractivity contribution in [1.29, 1.82) is 0 Å². The van der Waals surface area contributed by atoms with Crippen molar-refractivity contribution in [1.82, 2.24) is 4.90 Å². The zero-order chi connectivity index (χ0) is 13.4. The molecule has 1 aliphatic heterocycles. The van der Waals surface area contributed by atoms with Crippen molar-refractivity contribution < 1.29 is 0 Å². The number of rotatable bonds is 0. The smallest absolute Gasteiger partial charge is 0.0224 e. The Hall–Kier alpha value is -0.0400. The number of piperidine rings is 1. The van der Waals surface area contributed by atoms with Crippen molar-refractivity contribution in [3.8, 4) is 0 Å². The van der Waals surface area contributed by atoms with Crippen LogP contribution in [0.3, 0.4) is 0 Å². The first kappa shape index (κ1) is 13.0. The topological polar surface area (TPSA) is 3.24 Å². The minimum Gasteiger partial charge on any atom is -0.287 e. The Kier molecular flexibility index (Phi) is 2.41. The van der Waals surface area contributed by atoms with Crippen LogP contribution in [0.25, 0.3) is 0 Å². The zero-order valence-electron chi connectivity index (χ0n) is 13.3. The van der Waals surface area contributed by atoms with Crippen LogP contribution < -0.4 is 0 Å². The van der Waals surface area contributed by atoms with Gasteiger partial charge in [0, 0.05) is 16.6 Å². The van der Waals surface area contributed by atoms with Gasteiger partial charge in [-0.1, -0.05) is 20.8 Å². The van der Waals surface area contributed by atoms with Gasteiger partial charge in [-0.05, 0) is 70.6 Å². The Morgan fingerprint density at radius 3 is 1.39 bits per heavy atom. The summed E-state index contributed by atoms with van der Waals surface area (Å²) in [6.07, 6.45) is 8.74. The summed E-state index contributed by atoms with van der Waals surface area (Å²) in [6, 6.07) is 0. The van der Waals surface area contributed by atoms with E-state index in [9.17, 15) is 0 Å². The predicted octanol–water partition coefficient (Wildman–Crippen LogP) is 4.61. The summed E-state index contributed by atoms with van der Waals surface area (Å²) in [6.45, 7) is 14.7. The Morgan fingerprint density at radius 1 is 0.778 bits per heavy atom. The molecule has 1 saturated heterocycles. The van der Waals surface area contributed by atoms with Gasteiger partial charge in [-0.3, -0.25) is 4.90 Å². The Balaban J connectivity index is 1.92. The average Bonchev–Trinajstić information content (AvgIpc) is 3.04. The maximum atomic E-state index is 2.97. The molecular formula is C17H31N. The lowest BCUT2D eigenvalue weighted by Crippen LogP contribution is -2.61. The van der Waals surface area contributed by atoms with E-state index in [0.29, 0.717) is 22.0 Å². The van der Waals surface area contributed by atoms with Gasteiger partial charge in [-0.25, -0.2) is 0 Å². The maximum absolute atomic E-state index is 2.97. The fraction of sp³-hybridized carbons (Fsp3) is 1.00. The van der Waals surface area contributed by atoms with Crippen LogP contribution in [0, 0.1) is 11.3 Å². The average molecular weight is 249 g/mol. The first-order valence-corrected chi connectivity index (χ1v) is 7.90. The Morgan fingerprint density at radius 2 is 1.17 bits per heavy atom. The third-order valence-electron chi connectivity index (χ3n) is 5.75. The molecule has 0 aromatic rings. The van der Waals surface area contributed by atoms with Gasteiger partial charge in [0.25, 0.3) is 0 Å². The van der Waals surface area contributed by atoms with Crippen molar-refractivity contribution in [3.63, 3.8) is 0 Å². The molecule has 1 heterocycles. The van der Waals surface area contributed by atoms with Gasteiger partial charge in [0.05, 0.1) is 0 Å². The van der Waals surface area contributed by atoms with Gasteiger partial charge in [-0.2, -0.15) is 0 Å². The second-order valence-corrected chi connectivity index (χ2v) is 9.43. The lowest BCUT2D eigenvalue weighted by Gasteiger charge is -2.56. The second kappa shape index (κ2) is 3.34. The van der Waals surface area contributed by atoms with Gasteiger partial charge >= 0.3 is 0 Å². The fourth-order valence-electron chi connectivity index (χ4n) is 4.85. The molecule has 1 nitrogen and oxygen atoms in total. The molecule has 2 aliphatic carbocycles. The minimum atomic E-state index is 0.357. The van der Waals surface area contributed by atoms with E-state index >= 15 is 0 Å². The molecule has 0 N–H and O–H groups in total. The molecule has 2 saturated carbocycles. The lowest BCUT2D eigenvalue weighted by atomic mass is 9.68. The van der Waals surface area contributed by atoms with Crippen LogP contribution >= 0.6 is 0 Å². The highest BCUT2D eigenvalue weighted by atomic mass is 15.4. The zero-order valence-corrected chi connectivity index (χ0v) is 13.3. The van der Waals surface area contributed by atoms with E-state index in [-0.39, 0.29) is 0 Å². The monoisotopic (exact) mass is 249 g/mol. The summed E-state index contributed by atoms with van der Waals surface area (Å²) in [7, 11) is 0. The summed E-state index contributed by atoms with van der Waals surface area (Å²) >= 11 is 0. The van der Waals surface area contributed by atoms with E-state index in [2.05, 4.69) is 46.4 Å². The molecule has 0 atom stereocenters. The van der Waals surface area contributed by atoms with Crippen molar-refractivity contribution >= 4 is 0 Å². The molecule has 3 aliphatic rings. The Labute approximate surface area is 113 Å². The predicted molar refractivity (Wildman–Crippen MR) is 77.7 cm³/mol. The lowest BCUT2D eigenvalue weighted by molar-refractivity contribution is -0.0678. The molecule has 1 heteroatoms. The molecule has 2 spiro atoms. The van der Waals surface area contributed by atoms with Crippen molar-refractivity contribution in [2.24, 2.45) is 11.3 Å². The maximum Gasteiger partial charge on any atom is 0.0224 e. The quantitative estimate of drug-likeness (QED) is 0.606. The standard InChI is InChI=1S/C17H31N/c1-14(2,3)13-11-16(7-8-16)18(15(4,5)6)17(12-13)9-10-17/h13H,7-12H2,1-6H3. The van der Waals surface area contributed by atoms with Gasteiger partial charge in [-0.15, -0.1) is 0 Å². The third kappa shape index (κ3) is 1.85. The van der Waals surface area contributed by atoms with Crippen LogP contribution in [-0.4, -0.2) is 21.5 Å². The number of hydrogen-bond donors (Lipinski definition) is 0. The van der Waals surface area contributed by atoms with Crippen LogP contribution in [0.2, 0.25) is 0 Å². The van der Waals surface area contributed by atoms with Gasteiger partial charge in [0.15, 0.2) is 0 Å². The van der Waals surface area contributed by atoms with Crippen molar-refractivity contribution in [2.45, 2.75) is 96.7 Å². The molecule has 104 valence electrons. The second-order valence-electron chi connectivity index (χ2n) is 9.43. The number of nitrogens with zero attached hydrogens (tertiary/aromatic N) is 1. The van der Waals surface area contributed by atoms with Crippen LogP contribution in [0.1, 0.15) is 80.1 Å². The summed E-state index contributed by atoms with van der Waals surface area (Å²) < 4.78 is 0. The molecule has 0 aromatic carbocycles. The highest BCUT2D eigenvalue weighted by Gasteiger charge is 2.67.